The van der Waals surface area contributed by atoms with Crippen molar-refractivity contribution in [3.63, 3.8) is 0 Å². The van der Waals surface area contributed by atoms with Crippen LogP contribution in [0.1, 0.15) is 23.7 Å². The zero-order valence-electron chi connectivity index (χ0n) is 12.3. The molecule has 1 heterocycles. The Bertz CT molecular complexity index is 510. The lowest BCUT2D eigenvalue weighted by Gasteiger charge is -2.24. The molecule has 1 aromatic rings. The summed E-state index contributed by atoms with van der Waals surface area (Å²) in [6, 6.07) is 4.02. The smallest absolute Gasteiger partial charge is 0.314 e. The molecule has 5 nitrogen and oxygen atoms in total. The second-order valence-electron chi connectivity index (χ2n) is 5.50. The average molecular weight is 295 g/mol. The number of aliphatic hydroxyl groups excluding tert-OH is 1. The van der Waals surface area contributed by atoms with Gasteiger partial charge in [0.2, 0.25) is 0 Å². The summed E-state index contributed by atoms with van der Waals surface area (Å²) in [5.74, 6) is -0.296. The lowest BCUT2D eigenvalue weighted by molar-refractivity contribution is 0.115. The van der Waals surface area contributed by atoms with E-state index in [2.05, 4.69) is 4.90 Å². The number of nitrogens with zero attached hydrogens (tertiary/aromatic N) is 2. The fourth-order valence-corrected chi connectivity index (χ4v) is 2.73. The minimum absolute atomic E-state index is 0.296. The maximum absolute atomic E-state index is 13.1. The fraction of sp³-hybridized carbons (Fsp3) is 0.533. The van der Waals surface area contributed by atoms with Crippen LogP contribution in [-0.2, 0) is 0 Å². The molecule has 2 amide bonds. The van der Waals surface area contributed by atoms with Crippen molar-refractivity contribution in [3.8, 4) is 0 Å². The highest BCUT2D eigenvalue weighted by Gasteiger charge is 2.20. The Kier molecular flexibility index (Phi) is 5.14. The summed E-state index contributed by atoms with van der Waals surface area (Å²) in [5.41, 5.74) is 6.78. The first-order chi connectivity index (χ1) is 9.97. The number of nitrogens with two attached hydrogens (primary N) is 1. The van der Waals surface area contributed by atoms with Crippen LogP contribution >= 0.6 is 0 Å². The Balaban J connectivity index is 1.96. The van der Waals surface area contributed by atoms with Gasteiger partial charge in [0.25, 0.3) is 0 Å². The third kappa shape index (κ3) is 4.15. The van der Waals surface area contributed by atoms with Gasteiger partial charge in [-0.05, 0) is 36.6 Å². The summed E-state index contributed by atoms with van der Waals surface area (Å²) in [6.45, 7) is 4.97. The number of benzene rings is 1. The first-order valence-electron chi connectivity index (χ1n) is 7.18. The van der Waals surface area contributed by atoms with E-state index in [1.807, 2.05) is 0 Å². The predicted octanol–water partition coefficient (Wildman–Crippen LogP) is 1.25. The molecule has 1 aliphatic heterocycles. The highest BCUT2D eigenvalue weighted by molar-refractivity contribution is 5.71. The molecule has 116 valence electrons. The highest BCUT2D eigenvalue weighted by Crippen LogP contribution is 2.20. The lowest BCUT2D eigenvalue weighted by atomic mass is 10.0. The molecule has 1 aromatic carbocycles. The number of β-amino-alcohol motifs (C(OH)–C–C–N with tert-alkyl or cyclic N) is 1. The van der Waals surface area contributed by atoms with E-state index < -0.39 is 12.1 Å². The average Bonchev–Trinajstić information content (AvgIpc) is 2.64. The Morgan fingerprint density at radius 3 is 2.81 bits per heavy atom. The summed E-state index contributed by atoms with van der Waals surface area (Å²) in [5, 5.41) is 10.3. The summed E-state index contributed by atoms with van der Waals surface area (Å²) in [6.07, 6.45) is 0.170. The monoisotopic (exact) mass is 295 g/mol. The van der Waals surface area contributed by atoms with E-state index >= 15 is 0 Å². The highest BCUT2D eigenvalue weighted by atomic mass is 19.1. The second-order valence-corrected chi connectivity index (χ2v) is 5.50. The molecule has 0 spiro atoms. The van der Waals surface area contributed by atoms with Crippen molar-refractivity contribution in [2.75, 3.05) is 32.7 Å². The second kappa shape index (κ2) is 6.87. The molecule has 0 bridgehead atoms. The minimum atomic E-state index is -0.661. The van der Waals surface area contributed by atoms with Gasteiger partial charge < -0.3 is 15.7 Å². The number of carbonyl (C=O) groups is 1. The van der Waals surface area contributed by atoms with E-state index in [0.29, 0.717) is 26.2 Å². The quantitative estimate of drug-likeness (QED) is 0.882. The summed E-state index contributed by atoms with van der Waals surface area (Å²) < 4.78 is 13.1. The molecule has 0 aliphatic carbocycles. The molecule has 0 saturated carbocycles. The van der Waals surface area contributed by atoms with Crippen molar-refractivity contribution in [1.82, 2.24) is 9.80 Å². The molecule has 3 N–H and O–H groups in total. The molecule has 0 aromatic heterocycles. The topological polar surface area (TPSA) is 69.8 Å². The summed E-state index contributed by atoms with van der Waals surface area (Å²) in [4.78, 5) is 14.9. The van der Waals surface area contributed by atoms with Gasteiger partial charge in [-0.15, -0.1) is 0 Å². The molecule has 21 heavy (non-hydrogen) atoms. The van der Waals surface area contributed by atoms with E-state index in [9.17, 15) is 14.3 Å². The largest absolute Gasteiger partial charge is 0.387 e. The molecule has 1 saturated heterocycles. The Hall–Kier alpha value is -1.66. The molecular weight excluding hydrogens is 273 g/mol. The predicted molar refractivity (Wildman–Crippen MR) is 78.3 cm³/mol. The van der Waals surface area contributed by atoms with Crippen molar-refractivity contribution < 1.29 is 14.3 Å². The summed E-state index contributed by atoms with van der Waals surface area (Å²) >= 11 is 0. The fourth-order valence-electron chi connectivity index (χ4n) is 2.73. The Morgan fingerprint density at radius 2 is 2.14 bits per heavy atom. The molecule has 6 heteroatoms. The number of carbonyl (C=O) groups excluding carboxylic acids is 1. The van der Waals surface area contributed by atoms with Crippen molar-refractivity contribution in [2.45, 2.75) is 19.4 Å². The van der Waals surface area contributed by atoms with Crippen molar-refractivity contribution in [1.29, 1.82) is 0 Å². The number of aliphatic hydroxyl groups is 1. The number of hydrogen-bond donors (Lipinski definition) is 2. The van der Waals surface area contributed by atoms with Gasteiger partial charge in [0, 0.05) is 32.7 Å². The molecule has 1 atom stereocenters. The molecule has 2 rings (SSSR count). The van der Waals surface area contributed by atoms with E-state index in [-0.39, 0.29) is 5.82 Å². The molecule has 1 fully saturated rings. The van der Waals surface area contributed by atoms with Crippen molar-refractivity contribution >= 4 is 6.03 Å². The number of rotatable bonds is 3. The van der Waals surface area contributed by atoms with Gasteiger partial charge in [-0.3, -0.25) is 4.90 Å². The zero-order chi connectivity index (χ0) is 15.4. The van der Waals surface area contributed by atoms with E-state index in [0.717, 1.165) is 24.1 Å². The van der Waals surface area contributed by atoms with Gasteiger partial charge in [0.05, 0.1) is 6.10 Å². The lowest BCUT2D eigenvalue weighted by Crippen LogP contribution is -2.39. The van der Waals surface area contributed by atoms with Gasteiger partial charge in [0.1, 0.15) is 5.82 Å². The van der Waals surface area contributed by atoms with Crippen LogP contribution in [-0.4, -0.2) is 53.7 Å². The van der Waals surface area contributed by atoms with Crippen LogP contribution in [0.3, 0.4) is 0 Å². The number of hydrogen-bond acceptors (Lipinski definition) is 3. The number of urea groups is 1. The normalized spacial score (nSPS) is 18.3. The van der Waals surface area contributed by atoms with Crippen LogP contribution in [0.2, 0.25) is 0 Å². The van der Waals surface area contributed by atoms with Gasteiger partial charge >= 0.3 is 6.03 Å². The minimum Gasteiger partial charge on any atom is -0.387 e. The molecular formula is C15H22FN3O2. The molecule has 1 aliphatic rings. The molecule has 1 unspecified atom stereocenters. The van der Waals surface area contributed by atoms with Crippen LogP contribution in [0.5, 0.6) is 0 Å². The van der Waals surface area contributed by atoms with Crippen LogP contribution in [0.4, 0.5) is 9.18 Å². The van der Waals surface area contributed by atoms with Gasteiger partial charge in [-0.1, -0.05) is 6.07 Å². The number of primary amides is 1. The van der Waals surface area contributed by atoms with Crippen LogP contribution in [0.15, 0.2) is 18.2 Å². The van der Waals surface area contributed by atoms with E-state index in [1.54, 1.807) is 17.9 Å². The van der Waals surface area contributed by atoms with Gasteiger partial charge in [-0.2, -0.15) is 0 Å². The first-order valence-corrected chi connectivity index (χ1v) is 7.18. The van der Waals surface area contributed by atoms with Crippen molar-refractivity contribution in [3.05, 3.63) is 35.1 Å². The van der Waals surface area contributed by atoms with Crippen LogP contribution in [0, 0.1) is 12.7 Å². The van der Waals surface area contributed by atoms with Crippen LogP contribution in [0.25, 0.3) is 0 Å². The van der Waals surface area contributed by atoms with Gasteiger partial charge in [0.15, 0.2) is 0 Å². The van der Waals surface area contributed by atoms with Crippen LogP contribution < -0.4 is 5.73 Å². The molecule has 0 radical (unpaired) electrons. The van der Waals surface area contributed by atoms with Crippen molar-refractivity contribution in [2.24, 2.45) is 5.73 Å². The van der Waals surface area contributed by atoms with E-state index in [1.165, 1.54) is 12.1 Å². The first kappa shape index (κ1) is 15.7. The number of halogens is 1. The Labute approximate surface area is 124 Å². The van der Waals surface area contributed by atoms with E-state index in [4.69, 9.17) is 5.73 Å². The maximum Gasteiger partial charge on any atom is 0.314 e. The van der Waals surface area contributed by atoms with Gasteiger partial charge in [-0.25, -0.2) is 9.18 Å². The SMILES string of the molecule is Cc1cc(F)ccc1C(O)CN1CCCN(C(N)=O)CC1. The third-order valence-electron chi connectivity index (χ3n) is 3.92. The third-order valence-corrected chi connectivity index (χ3v) is 3.92. The number of aryl methyl sites for hydroxylation is 1. The standard InChI is InChI=1S/C15H22FN3O2/c1-11-9-12(16)3-4-13(11)14(20)10-18-5-2-6-19(8-7-18)15(17)21/h3-4,9,14,20H,2,5-8,10H2,1H3,(H2,17,21). The summed E-state index contributed by atoms with van der Waals surface area (Å²) in [7, 11) is 0. The Morgan fingerprint density at radius 1 is 1.38 bits per heavy atom. The maximum atomic E-state index is 13.1. The zero-order valence-corrected chi connectivity index (χ0v) is 12.3. The number of amides is 2.